The highest BCUT2D eigenvalue weighted by Gasteiger charge is 2.23. The van der Waals surface area contributed by atoms with Gasteiger partial charge >= 0.3 is 0 Å². The second-order valence-electron chi connectivity index (χ2n) is 11.7. The van der Waals surface area contributed by atoms with Crippen molar-refractivity contribution in [1.82, 2.24) is 5.01 Å². The predicted molar refractivity (Wildman–Crippen MR) is 183 cm³/mol. The number of amides is 3. The lowest BCUT2D eigenvalue weighted by atomic mass is 10.0. The van der Waals surface area contributed by atoms with Crippen LogP contribution in [0.15, 0.2) is 96.1 Å². The van der Waals surface area contributed by atoms with Crippen molar-refractivity contribution in [2.75, 3.05) is 24.3 Å². The highest BCUT2D eigenvalue weighted by atomic mass is 16.5. The number of benzene rings is 4. The number of hydrazone groups is 1. The van der Waals surface area contributed by atoms with Gasteiger partial charge in [-0.2, -0.15) is 10.4 Å². The first-order chi connectivity index (χ1) is 23.4. The highest BCUT2D eigenvalue weighted by Crippen LogP contribution is 2.33. The number of hydrogen-bond acceptors (Lipinski definition) is 7. The van der Waals surface area contributed by atoms with Crippen molar-refractivity contribution in [3.63, 3.8) is 0 Å². The normalized spacial score (nSPS) is 14.4. The second kappa shape index (κ2) is 14.6. The molecule has 0 atom stereocenters. The Hall–Kier alpha value is -5.95. The van der Waals surface area contributed by atoms with Gasteiger partial charge in [0.15, 0.2) is 11.5 Å². The monoisotopic (exact) mass is 641 g/mol. The molecule has 0 bridgehead atoms. The van der Waals surface area contributed by atoms with Gasteiger partial charge in [0, 0.05) is 40.2 Å². The van der Waals surface area contributed by atoms with E-state index in [0.29, 0.717) is 51.7 Å². The molecule has 4 aromatic carbocycles. The Morgan fingerprint density at radius 2 is 1.48 bits per heavy atom. The molecule has 10 nitrogen and oxygen atoms in total. The second-order valence-corrected chi connectivity index (χ2v) is 11.7. The average Bonchev–Trinajstić information content (AvgIpc) is 3.65. The molecule has 3 amide bonds. The molecule has 2 N–H and O–H groups in total. The summed E-state index contributed by atoms with van der Waals surface area (Å²) in [4.78, 5) is 39.1. The summed E-state index contributed by atoms with van der Waals surface area (Å²) in [5, 5.41) is 20.8. The summed E-state index contributed by atoms with van der Waals surface area (Å²) in [6.45, 7) is 0.481. The van der Waals surface area contributed by atoms with Crippen LogP contribution in [-0.2, 0) is 0 Å². The minimum absolute atomic E-state index is 0.182. The molecule has 10 heteroatoms. The minimum atomic E-state index is -0.363. The van der Waals surface area contributed by atoms with Gasteiger partial charge in [-0.3, -0.25) is 14.4 Å². The molecule has 0 aromatic heterocycles. The van der Waals surface area contributed by atoms with E-state index in [0.717, 1.165) is 49.8 Å². The largest absolute Gasteiger partial charge is 0.493 e. The number of ether oxygens (including phenoxy) is 2. The van der Waals surface area contributed by atoms with E-state index in [4.69, 9.17) is 19.8 Å². The predicted octanol–water partition coefficient (Wildman–Crippen LogP) is 7.03. The Labute approximate surface area is 279 Å². The van der Waals surface area contributed by atoms with Gasteiger partial charge in [0.25, 0.3) is 17.7 Å². The molecule has 0 saturated heterocycles. The summed E-state index contributed by atoms with van der Waals surface area (Å²) >= 11 is 0. The summed E-state index contributed by atoms with van der Waals surface area (Å²) in [5.41, 5.74) is 4.33. The number of nitrogens with zero attached hydrogens (tertiary/aromatic N) is 3. The molecular weight excluding hydrogens is 606 g/mol. The number of hydrogen-bond donors (Lipinski definition) is 2. The third-order valence-electron chi connectivity index (χ3n) is 8.40. The summed E-state index contributed by atoms with van der Waals surface area (Å²) in [6, 6.07) is 27.4. The standard InChI is InChI=1S/C38H35N5O5/c1-47-34-20-17-28(23-35(34)48-32-8-2-3-9-32)33-10-5-21-43(42-33)38(46)29-6-4-7-31(22-29)41-37(45)27-15-18-30(19-16-27)40-36(44)26-13-11-25(24-39)12-14-26/h4,6-7,11-20,22-23,32H,2-3,5,8-10,21H2,1H3,(H,40,44)(H,41,45). The van der Waals surface area contributed by atoms with Crippen LogP contribution in [-0.4, -0.2) is 48.2 Å². The molecule has 242 valence electrons. The fourth-order valence-corrected chi connectivity index (χ4v) is 5.81. The molecule has 1 aliphatic carbocycles. The number of anilines is 2. The highest BCUT2D eigenvalue weighted by molar-refractivity contribution is 6.07. The van der Waals surface area contributed by atoms with Crippen LogP contribution in [0.2, 0.25) is 0 Å². The SMILES string of the molecule is COc1ccc(C2=NN(C(=O)c3cccc(NC(=O)c4ccc(NC(=O)c5ccc(C#N)cc5)cc4)c3)CCC2)cc1OC1CCCC1. The van der Waals surface area contributed by atoms with E-state index in [1.54, 1.807) is 79.9 Å². The van der Waals surface area contributed by atoms with Gasteiger partial charge in [0.2, 0.25) is 0 Å². The lowest BCUT2D eigenvalue weighted by Gasteiger charge is -2.24. The molecule has 0 spiro atoms. The first kappa shape index (κ1) is 32.0. The Morgan fingerprint density at radius 1 is 0.792 bits per heavy atom. The molecular formula is C38H35N5O5. The van der Waals surface area contributed by atoms with Gasteiger partial charge in [-0.1, -0.05) is 6.07 Å². The molecule has 1 heterocycles. The maximum Gasteiger partial charge on any atom is 0.274 e. The van der Waals surface area contributed by atoms with E-state index >= 15 is 0 Å². The van der Waals surface area contributed by atoms with Crippen LogP contribution in [0.3, 0.4) is 0 Å². The van der Waals surface area contributed by atoms with Crippen LogP contribution in [0.4, 0.5) is 11.4 Å². The maximum absolute atomic E-state index is 13.6. The molecule has 1 fully saturated rings. The molecule has 1 saturated carbocycles. The lowest BCUT2D eigenvalue weighted by Crippen LogP contribution is -2.32. The zero-order chi connectivity index (χ0) is 33.5. The fraction of sp³-hybridized carbons (Fsp3) is 0.237. The van der Waals surface area contributed by atoms with Crippen LogP contribution >= 0.6 is 0 Å². The van der Waals surface area contributed by atoms with Gasteiger partial charge in [-0.25, -0.2) is 5.01 Å². The molecule has 0 unspecified atom stereocenters. The molecule has 6 rings (SSSR count). The fourth-order valence-electron chi connectivity index (χ4n) is 5.81. The van der Waals surface area contributed by atoms with E-state index < -0.39 is 0 Å². The number of methoxy groups -OCH3 is 1. The quantitative estimate of drug-likeness (QED) is 0.202. The molecule has 48 heavy (non-hydrogen) atoms. The van der Waals surface area contributed by atoms with E-state index in [9.17, 15) is 14.4 Å². The van der Waals surface area contributed by atoms with Gasteiger partial charge in [0.05, 0.1) is 30.6 Å². The number of nitriles is 1. The van der Waals surface area contributed by atoms with Crippen LogP contribution in [0.5, 0.6) is 11.5 Å². The molecule has 1 aliphatic heterocycles. The van der Waals surface area contributed by atoms with E-state index in [1.165, 1.54) is 5.01 Å². The van der Waals surface area contributed by atoms with Crippen LogP contribution in [0.25, 0.3) is 0 Å². The Kier molecular flexibility index (Phi) is 9.77. The molecule has 4 aromatic rings. The minimum Gasteiger partial charge on any atom is -0.493 e. The first-order valence-electron chi connectivity index (χ1n) is 16.0. The average molecular weight is 642 g/mol. The lowest BCUT2D eigenvalue weighted by molar-refractivity contribution is 0.0751. The summed E-state index contributed by atoms with van der Waals surface area (Å²) in [6.07, 6.45) is 6.06. The van der Waals surface area contributed by atoms with E-state index in [-0.39, 0.29) is 23.8 Å². The van der Waals surface area contributed by atoms with Crippen LogP contribution in [0.1, 0.15) is 80.7 Å². The van der Waals surface area contributed by atoms with Gasteiger partial charge in [-0.15, -0.1) is 0 Å². The zero-order valence-electron chi connectivity index (χ0n) is 26.6. The molecule has 0 radical (unpaired) electrons. The number of nitrogens with one attached hydrogen (secondary N) is 2. The van der Waals surface area contributed by atoms with E-state index in [1.807, 2.05) is 24.3 Å². The Bertz CT molecular complexity index is 1890. The van der Waals surface area contributed by atoms with Gasteiger partial charge < -0.3 is 20.1 Å². The van der Waals surface area contributed by atoms with Crippen molar-refractivity contribution in [2.45, 2.75) is 44.6 Å². The topological polar surface area (TPSA) is 133 Å². The smallest absolute Gasteiger partial charge is 0.274 e. The third kappa shape index (κ3) is 7.53. The van der Waals surface area contributed by atoms with Crippen LogP contribution < -0.4 is 20.1 Å². The van der Waals surface area contributed by atoms with Gasteiger partial charge in [0.1, 0.15) is 0 Å². The van der Waals surface area contributed by atoms with Crippen LogP contribution in [0, 0.1) is 11.3 Å². The van der Waals surface area contributed by atoms with E-state index in [2.05, 4.69) is 10.6 Å². The third-order valence-corrected chi connectivity index (χ3v) is 8.40. The first-order valence-corrected chi connectivity index (χ1v) is 16.0. The zero-order valence-corrected chi connectivity index (χ0v) is 26.6. The number of carbonyl (C=O) groups is 3. The Morgan fingerprint density at radius 3 is 2.17 bits per heavy atom. The number of rotatable bonds is 9. The van der Waals surface area contributed by atoms with Crippen molar-refractivity contribution < 1.29 is 23.9 Å². The van der Waals surface area contributed by atoms with Gasteiger partial charge in [-0.05, 0) is 123 Å². The van der Waals surface area contributed by atoms with Crippen molar-refractivity contribution in [3.8, 4) is 17.6 Å². The maximum atomic E-state index is 13.6. The summed E-state index contributed by atoms with van der Waals surface area (Å²) in [7, 11) is 1.63. The van der Waals surface area contributed by atoms with Crippen molar-refractivity contribution in [3.05, 3.63) is 119 Å². The Balaban J connectivity index is 1.10. The summed E-state index contributed by atoms with van der Waals surface area (Å²) < 4.78 is 11.8. The number of carbonyl (C=O) groups excluding carboxylic acids is 3. The van der Waals surface area contributed by atoms with Crippen molar-refractivity contribution in [2.24, 2.45) is 5.10 Å². The van der Waals surface area contributed by atoms with Crippen molar-refractivity contribution in [1.29, 1.82) is 5.26 Å². The van der Waals surface area contributed by atoms with Crippen molar-refractivity contribution >= 4 is 34.8 Å². The molecule has 2 aliphatic rings. The summed E-state index contributed by atoms with van der Waals surface area (Å²) in [5.74, 6) is 0.417.